The smallest absolute Gasteiger partial charge is 0.158 e. The monoisotopic (exact) mass is 298 g/mol. The Morgan fingerprint density at radius 3 is 2.55 bits per heavy atom. The molecule has 1 fully saturated rings. The minimum Gasteiger partial charge on any atom is -0.366 e. The minimum absolute atomic E-state index is 0.105. The highest BCUT2D eigenvalue weighted by atomic mass is 35.5. The largest absolute Gasteiger partial charge is 0.366 e. The molecule has 0 atom stereocenters. The summed E-state index contributed by atoms with van der Waals surface area (Å²) >= 11 is 6.13. The molecule has 3 nitrogen and oxygen atoms in total. The van der Waals surface area contributed by atoms with Crippen molar-refractivity contribution in [2.24, 2.45) is 5.92 Å². The molecule has 0 amide bonds. The standard InChI is InChI=1S/C16H23ClO3/c1-12(2)8-15-18-10-16(3,11-19-15)20-9-13-6-4-5-7-14(13)17/h4-7,12,15H,8-11H2,1-3H3/t15-,16+. The van der Waals surface area contributed by atoms with E-state index in [2.05, 4.69) is 13.8 Å². The fraction of sp³-hybridized carbons (Fsp3) is 0.625. The van der Waals surface area contributed by atoms with Crippen LogP contribution in [0.4, 0.5) is 0 Å². The van der Waals surface area contributed by atoms with E-state index in [0.717, 1.165) is 17.0 Å². The van der Waals surface area contributed by atoms with Crippen molar-refractivity contribution in [3.05, 3.63) is 34.9 Å². The molecule has 0 aliphatic carbocycles. The van der Waals surface area contributed by atoms with Gasteiger partial charge in [0, 0.05) is 11.4 Å². The van der Waals surface area contributed by atoms with Gasteiger partial charge in [0.25, 0.3) is 0 Å². The van der Waals surface area contributed by atoms with Crippen molar-refractivity contribution in [2.75, 3.05) is 13.2 Å². The Bertz CT molecular complexity index is 425. The fourth-order valence-electron chi connectivity index (χ4n) is 2.10. The molecule has 0 radical (unpaired) electrons. The van der Waals surface area contributed by atoms with Crippen LogP contribution in [0.5, 0.6) is 0 Å². The quantitative estimate of drug-likeness (QED) is 0.821. The van der Waals surface area contributed by atoms with Gasteiger partial charge in [-0.3, -0.25) is 0 Å². The van der Waals surface area contributed by atoms with Crippen molar-refractivity contribution in [1.29, 1.82) is 0 Å². The highest BCUT2D eigenvalue weighted by molar-refractivity contribution is 6.31. The summed E-state index contributed by atoms with van der Waals surface area (Å²) in [7, 11) is 0. The van der Waals surface area contributed by atoms with E-state index < -0.39 is 5.60 Å². The molecule has 1 aliphatic rings. The number of halogens is 1. The van der Waals surface area contributed by atoms with Crippen molar-refractivity contribution < 1.29 is 14.2 Å². The van der Waals surface area contributed by atoms with Crippen LogP contribution in [0.15, 0.2) is 24.3 Å². The number of hydrogen-bond donors (Lipinski definition) is 0. The first kappa shape index (κ1) is 15.8. The summed E-state index contributed by atoms with van der Waals surface area (Å²) in [5, 5.41) is 0.728. The summed E-state index contributed by atoms with van der Waals surface area (Å²) in [6.45, 7) is 7.90. The van der Waals surface area contributed by atoms with E-state index in [1.54, 1.807) is 0 Å². The van der Waals surface area contributed by atoms with Crippen LogP contribution in [0, 0.1) is 5.92 Å². The molecule has 0 bridgehead atoms. The average Bonchev–Trinajstić information content (AvgIpc) is 2.41. The molecule has 1 saturated heterocycles. The summed E-state index contributed by atoms with van der Waals surface area (Å²) in [4.78, 5) is 0. The normalized spacial score (nSPS) is 26.9. The average molecular weight is 299 g/mol. The maximum absolute atomic E-state index is 6.13. The molecular formula is C16H23ClO3. The van der Waals surface area contributed by atoms with E-state index in [4.69, 9.17) is 25.8 Å². The van der Waals surface area contributed by atoms with Gasteiger partial charge >= 0.3 is 0 Å². The second-order valence-corrected chi connectivity index (χ2v) is 6.42. The van der Waals surface area contributed by atoms with Gasteiger partial charge in [-0.05, 0) is 24.5 Å². The van der Waals surface area contributed by atoms with Crippen molar-refractivity contribution in [3.63, 3.8) is 0 Å². The maximum Gasteiger partial charge on any atom is 0.158 e. The van der Waals surface area contributed by atoms with Gasteiger partial charge in [0.05, 0.1) is 19.8 Å². The Kier molecular flexibility index (Phi) is 5.44. The van der Waals surface area contributed by atoms with Crippen molar-refractivity contribution >= 4 is 11.6 Å². The fourth-order valence-corrected chi connectivity index (χ4v) is 2.29. The van der Waals surface area contributed by atoms with Gasteiger partial charge in [0.15, 0.2) is 6.29 Å². The number of ether oxygens (including phenoxy) is 3. The predicted molar refractivity (Wildman–Crippen MR) is 79.8 cm³/mol. The number of hydrogen-bond acceptors (Lipinski definition) is 3. The van der Waals surface area contributed by atoms with Gasteiger partial charge in [0.1, 0.15) is 5.60 Å². The van der Waals surface area contributed by atoms with Crippen LogP contribution in [0.1, 0.15) is 32.8 Å². The lowest BCUT2D eigenvalue weighted by atomic mass is 10.1. The van der Waals surface area contributed by atoms with E-state index >= 15 is 0 Å². The van der Waals surface area contributed by atoms with E-state index in [9.17, 15) is 0 Å². The first-order chi connectivity index (χ1) is 9.48. The van der Waals surface area contributed by atoms with Crippen LogP contribution >= 0.6 is 11.6 Å². The maximum atomic E-state index is 6.13. The van der Waals surface area contributed by atoms with Gasteiger partial charge < -0.3 is 14.2 Å². The molecule has 0 saturated carbocycles. The lowest BCUT2D eigenvalue weighted by Gasteiger charge is -2.37. The van der Waals surface area contributed by atoms with Crippen LogP contribution in [0.25, 0.3) is 0 Å². The third kappa shape index (κ3) is 4.45. The number of benzene rings is 1. The van der Waals surface area contributed by atoms with Gasteiger partial charge in [-0.1, -0.05) is 43.6 Å². The van der Waals surface area contributed by atoms with E-state index in [1.807, 2.05) is 31.2 Å². The molecule has 2 rings (SSSR count). The Labute approximate surface area is 126 Å². The molecule has 0 aromatic heterocycles. The van der Waals surface area contributed by atoms with Gasteiger partial charge in [-0.25, -0.2) is 0 Å². The number of rotatable bonds is 5. The molecular weight excluding hydrogens is 276 g/mol. The zero-order valence-electron chi connectivity index (χ0n) is 12.4. The molecule has 112 valence electrons. The predicted octanol–water partition coefficient (Wildman–Crippen LogP) is 4.03. The van der Waals surface area contributed by atoms with Crippen molar-refractivity contribution in [1.82, 2.24) is 0 Å². The molecule has 20 heavy (non-hydrogen) atoms. The molecule has 0 spiro atoms. The van der Waals surface area contributed by atoms with Gasteiger partial charge in [-0.15, -0.1) is 0 Å². The minimum atomic E-state index is -0.410. The van der Waals surface area contributed by atoms with Crippen LogP contribution in [0.3, 0.4) is 0 Å². The Hall–Kier alpha value is -0.610. The molecule has 0 N–H and O–H groups in total. The Balaban J connectivity index is 1.83. The molecule has 0 unspecified atom stereocenters. The van der Waals surface area contributed by atoms with Crippen LogP contribution < -0.4 is 0 Å². The summed E-state index contributed by atoms with van der Waals surface area (Å²) < 4.78 is 17.4. The van der Waals surface area contributed by atoms with Crippen LogP contribution in [-0.2, 0) is 20.8 Å². The zero-order valence-corrected chi connectivity index (χ0v) is 13.2. The SMILES string of the molecule is CC(C)C[C@H]1OC[C@@](C)(OCc2ccccc2Cl)CO1. The van der Waals surface area contributed by atoms with E-state index in [1.165, 1.54) is 0 Å². The Morgan fingerprint density at radius 1 is 1.30 bits per heavy atom. The Morgan fingerprint density at radius 2 is 1.95 bits per heavy atom. The van der Waals surface area contributed by atoms with E-state index in [0.29, 0.717) is 25.7 Å². The topological polar surface area (TPSA) is 27.7 Å². The second kappa shape index (κ2) is 6.90. The second-order valence-electron chi connectivity index (χ2n) is 6.01. The molecule has 1 aromatic carbocycles. The highest BCUT2D eigenvalue weighted by Crippen LogP contribution is 2.25. The molecule has 4 heteroatoms. The third-order valence-electron chi connectivity index (χ3n) is 3.35. The van der Waals surface area contributed by atoms with Crippen molar-refractivity contribution in [2.45, 2.75) is 45.7 Å². The summed E-state index contributed by atoms with van der Waals surface area (Å²) in [5.41, 5.74) is 0.576. The van der Waals surface area contributed by atoms with Gasteiger partial charge in [0.2, 0.25) is 0 Å². The van der Waals surface area contributed by atoms with Crippen LogP contribution in [0.2, 0.25) is 5.02 Å². The van der Waals surface area contributed by atoms with E-state index in [-0.39, 0.29) is 6.29 Å². The lowest BCUT2D eigenvalue weighted by Crippen LogP contribution is -2.47. The van der Waals surface area contributed by atoms with Crippen molar-refractivity contribution in [3.8, 4) is 0 Å². The summed E-state index contributed by atoms with van der Waals surface area (Å²) in [6.07, 6.45) is 0.813. The van der Waals surface area contributed by atoms with Gasteiger partial charge in [-0.2, -0.15) is 0 Å². The molecule has 1 aromatic rings. The summed E-state index contributed by atoms with van der Waals surface area (Å²) in [6, 6.07) is 7.71. The summed E-state index contributed by atoms with van der Waals surface area (Å²) in [5.74, 6) is 0.563. The first-order valence-corrected chi connectivity index (χ1v) is 7.47. The third-order valence-corrected chi connectivity index (χ3v) is 3.72. The zero-order chi connectivity index (χ0) is 14.6. The van der Waals surface area contributed by atoms with Crippen LogP contribution in [-0.4, -0.2) is 25.1 Å². The molecule has 1 aliphatic heterocycles. The lowest BCUT2D eigenvalue weighted by molar-refractivity contribution is -0.266. The molecule has 1 heterocycles. The first-order valence-electron chi connectivity index (χ1n) is 7.09. The highest BCUT2D eigenvalue weighted by Gasteiger charge is 2.33.